The summed E-state index contributed by atoms with van der Waals surface area (Å²) in [6, 6.07) is 6.41. The van der Waals surface area contributed by atoms with Crippen LogP contribution in [0, 0.1) is 0 Å². The molecule has 1 heterocycles. The molecule has 3 N–H and O–H groups in total. The van der Waals surface area contributed by atoms with Gasteiger partial charge in [-0.2, -0.15) is 4.98 Å². The first-order valence-corrected chi connectivity index (χ1v) is 6.34. The van der Waals surface area contributed by atoms with Gasteiger partial charge in [0.25, 0.3) is 0 Å². The standard InChI is InChI=1S/C12H12Cl2N4O2/c1-19-6-11-16-10(18-15)5-12(17-11)20-9-3-7(13)2-8(14)4-9/h2-5H,6,15H2,1H3,(H,16,17,18). The van der Waals surface area contributed by atoms with Crippen molar-refractivity contribution >= 4 is 29.0 Å². The van der Waals surface area contributed by atoms with E-state index in [1.807, 2.05) is 0 Å². The molecular formula is C12H12Cl2N4O2. The fourth-order valence-electron chi connectivity index (χ4n) is 1.50. The molecule has 1 aromatic carbocycles. The van der Waals surface area contributed by atoms with Crippen molar-refractivity contribution in [3.63, 3.8) is 0 Å². The molecule has 0 bridgehead atoms. The topological polar surface area (TPSA) is 82.3 Å². The highest BCUT2D eigenvalue weighted by Gasteiger charge is 2.07. The molecular weight excluding hydrogens is 303 g/mol. The number of hydrogen-bond acceptors (Lipinski definition) is 6. The van der Waals surface area contributed by atoms with Crippen molar-refractivity contribution in [1.29, 1.82) is 0 Å². The zero-order chi connectivity index (χ0) is 14.5. The molecule has 8 heteroatoms. The number of hydrogen-bond donors (Lipinski definition) is 2. The van der Waals surface area contributed by atoms with Gasteiger partial charge in [-0.25, -0.2) is 10.8 Å². The molecule has 1 aromatic heterocycles. The van der Waals surface area contributed by atoms with Gasteiger partial charge in [0.1, 0.15) is 18.2 Å². The largest absolute Gasteiger partial charge is 0.439 e. The maximum atomic E-state index is 5.91. The highest BCUT2D eigenvalue weighted by atomic mass is 35.5. The molecule has 0 aliphatic carbocycles. The smallest absolute Gasteiger partial charge is 0.224 e. The zero-order valence-electron chi connectivity index (χ0n) is 10.6. The Bertz CT molecular complexity index is 590. The maximum absolute atomic E-state index is 5.91. The lowest BCUT2D eigenvalue weighted by Crippen LogP contribution is -2.11. The minimum Gasteiger partial charge on any atom is -0.439 e. The molecule has 0 radical (unpaired) electrons. The van der Waals surface area contributed by atoms with E-state index in [9.17, 15) is 0 Å². The van der Waals surface area contributed by atoms with Gasteiger partial charge in [-0.05, 0) is 18.2 Å². The van der Waals surface area contributed by atoms with Crippen molar-refractivity contribution < 1.29 is 9.47 Å². The van der Waals surface area contributed by atoms with Crippen molar-refractivity contribution in [3.8, 4) is 11.6 Å². The molecule has 0 spiro atoms. The molecule has 0 amide bonds. The van der Waals surface area contributed by atoms with Crippen molar-refractivity contribution in [2.24, 2.45) is 5.84 Å². The van der Waals surface area contributed by atoms with Crippen molar-refractivity contribution in [2.75, 3.05) is 12.5 Å². The van der Waals surface area contributed by atoms with Gasteiger partial charge in [0.15, 0.2) is 5.82 Å². The van der Waals surface area contributed by atoms with Crippen molar-refractivity contribution in [2.45, 2.75) is 6.61 Å². The van der Waals surface area contributed by atoms with Crippen LogP contribution in [0.25, 0.3) is 0 Å². The maximum Gasteiger partial charge on any atom is 0.224 e. The average molecular weight is 315 g/mol. The van der Waals surface area contributed by atoms with Gasteiger partial charge in [-0.1, -0.05) is 23.2 Å². The fraction of sp³-hybridized carbons (Fsp3) is 0.167. The van der Waals surface area contributed by atoms with Crippen LogP contribution in [0.4, 0.5) is 5.82 Å². The van der Waals surface area contributed by atoms with Gasteiger partial charge < -0.3 is 14.9 Å². The van der Waals surface area contributed by atoms with E-state index >= 15 is 0 Å². The first-order valence-electron chi connectivity index (χ1n) is 5.58. The third kappa shape index (κ3) is 3.94. The molecule has 2 rings (SSSR count). The molecule has 0 atom stereocenters. The number of benzene rings is 1. The van der Waals surface area contributed by atoms with Crippen LogP contribution in [0.5, 0.6) is 11.6 Å². The summed E-state index contributed by atoms with van der Waals surface area (Å²) in [5.74, 6) is 6.96. The Kier molecular flexibility index (Phi) is 4.97. The molecule has 106 valence electrons. The van der Waals surface area contributed by atoms with Crippen LogP contribution in [0.15, 0.2) is 24.3 Å². The number of nitrogens with one attached hydrogen (secondary N) is 1. The number of nitrogens with zero attached hydrogens (tertiary/aromatic N) is 2. The van der Waals surface area contributed by atoms with Crippen LogP contribution in [0.2, 0.25) is 10.0 Å². The van der Waals surface area contributed by atoms with Crippen LogP contribution in [-0.4, -0.2) is 17.1 Å². The van der Waals surface area contributed by atoms with E-state index in [0.29, 0.717) is 33.3 Å². The number of halogens is 2. The normalized spacial score (nSPS) is 10.4. The van der Waals surface area contributed by atoms with Gasteiger partial charge in [-0.15, -0.1) is 0 Å². The second kappa shape index (κ2) is 6.71. The van der Waals surface area contributed by atoms with E-state index in [2.05, 4.69) is 15.4 Å². The SMILES string of the molecule is COCc1nc(NN)cc(Oc2cc(Cl)cc(Cl)c2)n1. The van der Waals surface area contributed by atoms with Gasteiger partial charge in [0, 0.05) is 23.2 Å². The van der Waals surface area contributed by atoms with Crippen LogP contribution in [0.1, 0.15) is 5.82 Å². The van der Waals surface area contributed by atoms with Crippen LogP contribution in [0.3, 0.4) is 0 Å². The van der Waals surface area contributed by atoms with Crippen LogP contribution >= 0.6 is 23.2 Å². The van der Waals surface area contributed by atoms with Gasteiger partial charge >= 0.3 is 0 Å². The minimum atomic E-state index is 0.238. The van der Waals surface area contributed by atoms with E-state index < -0.39 is 0 Å². The predicted molar refractivity (Wildman–Crippen MR) is 77.1 cm³/mol. The van der Waals surface area contributed by atoms with Crippen LogP contribution < -0.4 is 16.0 Å². The molecule has 0 aliphatic rings. The van der Waals surface area contributed by atoms with E-state index in [0.717, 1.165) is 0 Å². The lowest BCUT2D eigenvalue weighted by Gasteiger charge is -2.09. The zero-order valence-corrected chi connectivity index (χ0v) is 12.1. The molecule has 0 unspecified atom stereocenters. The van der Waals surface area contributed by atoms with Gasteiger partial charge in [0.05, 0.1) is 0 Å². The summed E-state index contributed by atoms with van der Waals surface area (Å²) in [6.45, 7) is 0.238. The Morgan fingerprint density at radius 1 is 1.15 bits per heavy atom. The molecule has 0 fully saturated rings. The van der Waals surface area contributed by atoms with Crippen molar-refractivity contribution in [3.05, 3.63) is 40.1 Å². The highest BCUT2D eigenvalue weighted by molar-refractivity contribution is 6.34. The lowest BCUT2D eigenvalue weighted by atomic mass is 10.3. The molecule has 6 nitrogen and oxygen atoms in total. The number of methoxy groups -OCH3 is 1. The molecule has 0 aliphatic heterocycles. The Labute approximate surface area is 125 Å². The van der Waals surface area contributed by atoms with E-state index in [4.69, 9.17) is 38.5 Å². The fourth-order valence-corrected chi connectivity index (χ4v) is 2.01. The van der Waals surface area contributed by atoms with Gasteiger partial charge in [0.2, 0.25) is 5.88 Å². The number of rotatable bonds is 5. The average Bonchev–Trinajstić information content (AvgIpc) is 2.37. The summed E-state index contributed by atoms with van der Waals surface area (Å²) in [6.07, 6.45) is 0. The number of aromatic nitrogens is 2. The molecule has 0 saturated heterocycles. The number of nitrogens with two attached hydrogens (primary N) is 1. The second-order valence-corrected chi connectivity index (χ2v) is 4.67. The van der Waals surface area contributed by atoms with E-state index in [1.54, 1.807) is 31.4 Å². The van der Waals surface area contributed by atoms with Crippen molar-refractivity contribution in [1.82, 2.24) is 9.97 Å². The van der Waals surface area contributed by atoms with Crippen LogP contribution in [-0.2, 0) is 11.3 Å². The third-order valence-electron chi connectivity index (χ3n) is 2.23. The Morgan fingerprint density at radius 2 is 1.85 bits per heavy atom. The lowest BCUT2D eigenvalue weighted by molar-refractivity contribution is 0.177. The summed E-state index contributed by atoms with van der Waals surface area (Å²) in [4.78, 5) is 8.30. The number of hydrazine groups is 1. The van der Waals surface area contributed by atoms with E-state index in [-0.39, 0.29) is 6.61 Å². The third-order valence-corrected chi connectivity index (χ3v) is 2.67. The monoisotopic (exact) mass is 314 g/mol. The number of ether oxygens (including phenoxy) is 2. The summed E-state index contributed by atoms with van der Waals surface area (Å²) < 4.78 is 10.6. The Morgan fingerprint density at radius 3 is 2.45 bits per heavy atom. The highest BCUT2D eigenvalue weighted by Crippen LogP contribution is 2.28. The Balaban J connectivity index is 2.29. The second-order valence-electron chi connectivity index (χ2n) is 3.79. The molecule has 20 heavy (non-hydrogen) atoms. The first kappa shape index (κ1) is 14.8. The quantitative estimate of drug-likeness (QED) is 0.652. The van der Waals surface area contributed by atoms with Gasteiger partial charge in [-0.3, -0.25) is 0 Å². The predicted octanol–water partition coefficient (Wildman–Crippen LogP) is 3.01. The minimum absolute atomic E-state index is 0.238. The summed E-state index contributed by atoms with van der Waals surface area (Å²) >= 11 is 11.8. The summed E-state index contributed by atoms with van der Waals surface area (Å²) in [7, 11) is 1.54. The summed E-state index contributed by atoms with van der Waals surface area (Å²) in [5, 5.41) is 0.937. The summed E-state index contributed by atoms with van der Waals surface area (Å²) in [5.41, 5.74) is 2.44. The molecule has 0 saturated carbocycles. The van der Waals surface area contributed by atoms with E-state index in [1.165, 1.54) is 0 Å². The number of nitrogen functional groups attached to an aromatic ring is 1. The molecule has 2 aromatic rings. The number of anilines is 1. The Hall–Kier alpha value is -1.60. The first-order chi connectivity index (χ1) is 9.60.